The lowest BCUT2D eigenvalue weighted by Crippen LogP contribution is -2.07. The fraction of sp³-hybridized carbons (Fsp3) is 0.267. The van der Waals surface area contributed by atoms with Crippen LogP contribution in [0.5, 0.6) is 11.5 Å². The number of methoxy groups -OCH3 is 2. The first-order valence-corrected chi connectivity index (χ1v) is 6.29. The number of benzene rings is 1. The zero-order chi connectivity index (χ0) is 14.5. The van der Waals surface area contributed by atoms with E-state index in [0.29, 0.717) is 5.75 Å². The number of hydrogen-bond donors (Lipinski definition) is 2. The molecule has 1 aliphatic carbocycles. The maximum absolute atomic E-state index is 8.51. The third-order valence-electron chi connectivity index (χ3n) is 3.25. The number of nitrogens with zero attached hydrogens (tertiary/aromatic N) is 1. The Morgan fingerprint density at radius 2 is 1.95 bits per heavy atom. The highest BCUT2D eigenvalue weighted by Gasteiger charge is 2.14. The first-order valence-electron chi connectivity index (χ1n) is 6.29. The van der Waals surface area contributed by atoms with Gasteiger partial charge in [0.05, 0.1) is 14.2 Å². The molecule has 0 unspecified atom stereocenters. The topological polar surface area (TPSA) is 77.1 Å². The van der Waals surface area contributed by atoms with Crippen LogP contribution in [0, 0.1) is 0 Å². The van der Waals surface area contributed by atoms with Crippen LogP contribution in [0.1, 0.15) is 17.5 Å². The van der Waals surface area contributed by atoms with Crippen molar-refractivity contribution in [2.24, 2.45) is 10.9 Å². The van der Waals surface area contributed by atoms with Gasteiger partial charge in [-0.2, -0.15) is 0 Å². The van der Waals surface area contributed by atoms with Crippen LogP contribution < -0.4 is 15.2 Å². The minimum atomic E-state index is 0.0870. The molecule has 0 aliphatic heterocycles. The van der Waals surface area contributed by atoms with Gasteiger partial charge in [0.2, 0.25) is 0 Å². The van der Waals surface area contributed by atoms with Crippen molar-refractivity contribution >= 4 is 11.9 Å². The summed E-state index contributed by atoms with van der Waals surface area (Å²) >= 11 is 0. The number of rotatable bonds is 4. The Bertz CT molecular complexity index is 589. The number of amidine groups is 1. The van der Waals surface area contributed by atoms with Crippen LogP contribution in [0.3, 0.4) is 0 Å². The number of ether oxygens (including phenoxy) is 2. The molecular weight excluding hydrogens is 256 g/mol. The quantitative estimate of drug-likeness (QED) is 0.382. The third-order valence-corrected chi connectivity index (χ3v) is 3.25. The van der Waals surface area contributed by atoms with E-state index in [4.69, 9.17) is 20.4 Å². The van der Waals surface area contributed by atoms with Gasteiger partial charge in [-0.05, 0) is 47.8 Å². The smallest absolute Gasteiger partial charge is 0.162 e. The summed E-state index contributed by atoms with van der Waals surface area (Å²) in [6.07, 6.45) is 7.33. The van der Waals surface area contributed by atoms with Gasteiger partial charge in [-0.15, -0.1) is 0 Å². The molecule has 5 heteroatoms. The molecule has 0 fully saturated rings. The number of aryl methyl sites for hydroxylation is 1. The first kappa shape index (κ1) is 14.0. The van der Waals surface area contributed by atoms with Gasteiger partial charge in [-0.25, -0.2) is 0 Å². The average Bonchev–Trinajstić information content (AvgIpc) is 2.50. The summed E-state index contributed by atoms with van der Waals surface area (Å²) in [7, 11) is 3.25. The highest BCUT2D eigenvalue weighted by molar-refractivity contribution is 5.91. The summed E-state index contributed by atoms with van der Waals surface area (Å²) < 4.78 is 10.6. The van der Waals surface area contributed by atoms with Crippen LogP contribution in [0.2, 0.25) is 0 Å². The van der Waals surface area contributed by atoms with Crippen molar-refractivity contribution < 1.29 is 14.7 Å². The second kappa shape index (κ2) is 6.14. The Morgan fingerprint density at radius 3 is 2.60 bits per heavy atom. The number of oxime groups is 1. The molecule has 0 atom stereocenters. The van der Waals surface area contributed by atoms with E-state index in [0.717, 1.165) is 29.7 Å². The zero-order valence-electron chi connectivity index (χ0n) is 11.6. The molecule has 0 aromatic heterocycles. The maximum Gasteiger partial charge on any atom is 0.162 e. The van der Waals surface area contributed by atoms with Crippen LogP contribution in [-0.2, 0) is 6.42 Å². The normalized spacial score (nSPS) is 14.9. The van der Waals surface area contributed by atoms with Crippen LogP contribution in [0.15, 0.2) is 35.0 Å². The van der Waals surface area contributed by atoms with Crippen LogP contribution in [0.4, 0.5) is 0 Å². The molecule has 0 saturated carbocycles. The first-order chi connectivity index (χ1) is 9.67. The van der Waals surface area contributed by atoms with Crippen LogP contribution >= 0.6 is 0 Å². The lowest BCUT2D eigenvalue weighted by atomic mass is 9.91. The molecule has 0 spiro atoms. The van der Waals surface area contributed by atoms with Crippen LogP contribution in [-0.4, -0.2) is 25.3 Å². The average molecular weight is 274 g/mol. The van der Waals surface area contributed by atoms with Crippen molar-refractivity contribution in [3.63, 3.8) is 0 Å². The Balaban J connectivity index is 2.33. The summed E-state index contributed by atoms with van der Waals surface area (Å²) in [6.45, 7) is 0. The molecule has 0 saturated heterocycles. The van der Waals surface area contributed by atoms with Crippen molar-refractivity contribution in [2.75, 3.05) is 14.2 Å². The van der Waals surface area contributed by atoms with Crippen molar-refractivity contribution in [3.8, 4) is 11.5 Å². The van der Waals surface area contributed by atoms with Gasteiger partial charge in [0.25, 0.3) is 0 Å². The standard InChI is InChI=1S/C15H18N2O3/c1-19-13-8-11-5-3-10(4-6-15(16)17-18)7-12(11)9-14(13)20-2/h4,6-9,18H,3,5H2,1-2H3,(H2,16,17)/b6-4+. The Kier molecular flexibility index (Phi) is 4.30. The summed E-state index contributed by atoms with van der Waals surface area (Å²) in [5.41, 5.74) is 8.87. The maximum atomic E-state index is 8.51. The SMILES string of the molecule is COc1cc2c(cc1OC)CCC(/C=C/C(N)=NO)=C2. The molecule has 0 bridgehead atoms. The summed E-state index contributed by atoms with van der Waals surface area (Å²) in [4.78, 5) is 0. The molecule has 2 rings (SSSR count). The lowest BCUT2D eigenvalue weighted by molar-refractivity contribution is 0.319. The van der Waals surface area contributed by atoms with E-state index in [2.05, 4.69) is 11.2 Å². The molecule has 3 N–H and O–H groups in total. The van der Waals surface area contributed by atoms with Gasteiger partial charge in [-0.3, -0.25) is 0 Å². The molecule has 20 heavy (non-hydrogen) atoms. The van der Waals surface area contributed by atoms with Gasteiger partial charge in [-0.1, -0.05) is 17.3 Å². The van der Waals surface area contributed by atoms with E-state index in [-0.39, 0.29) is 5.84 Å². The minimum Gasteiger partial charge on any atom is -0.493 e. The predicted octanol–water partition coefficient (Wildman–Crippen LogP) is 2.34. The van der Waals surface area contributed by atoms with Gasteiger partial charge < -0.3 is 20.4 Å². The van der Waals surface area contributed by atoms with E-state index in [9.17, 15) is 0 Å². The number of allylic oxidation sites excluding steroid dienone is 2. The van der Waals surface area contributed by atoms with Gasteiger partial charge in [0.15, 0.2) is 17.3 Å². The second-order valence-electron chi connectivity index (χ2n) is 4.48. The molecule has 1 aliphatic rings. The highest BCUT2D eigenvalue weighted by atomic mass is 16.5. The Morgan fingerprint density at radius 1 is 1.25 bits per heavy atom. The summed E-state index contributed by atoms with van der Waals surface area (Å²) in [6, 6.07) is 3.97. The summed E-state index contributed by atoms with van der Waals surface area (Å²) in [5, 5.41) is 11.4. The van der Waals surface area contributed by atoms with Gasteiger partial charge in [0, 0.05) is 0 Å². The van der Waals surface area contributed by atoms with Crippen molar-refractivity contribution in [3.05, 3.63) is 41.0 Å². The molecule has 5 nitrogen and oxygen atoms in total. The zero-order valence-corrected chi connectivity index (χ0v) is 11.6. The fourth-order valence-corrected chi connectivity index (χ4v) is 2.20. The van der Waals surface area contributed by atoms with Crippen LogP contribution in [0.25, 0.3) is 6.08 Å². The van der Waals surface area contributed by atoms with Crippen molar-refractivity contribution in [1.29, 1.82) is 0 Å². The Labute approximate surface area is 118 Å². The number of nitrogens with two attached hydrogens (primary N) is 1. The Hall–Kier alpha value is -2.43. The van der Waals surface area contributed by atoms with E-state index < -0.39 is 0 Å². The van der Waals surface area contributed by atoms with Crippen molar-refractivity contribution in [1.82, 2.24) is 0 Å². The molecule has 0 radical (unpaired) electrons. The number of hydrogen-bond acceptors (Lipinski definition) is 4. The fourth-order valence-electron chi connectivity index (χ4n) is 2.20. The monoisotopic (exact) mass is 274 g/mol. The van der Waals surface area contributed by atoms with Crippen molar-refractivity contribution in [2.45, 2.75) is 12.8 Å². The highest BCUT2D eigenvalue weighted by Crippen LogP contribution is 2.35. The molecule has 1 aromatic rings. The molecule has 106 valence electrons. The molecule has 0 amide bonds. The van der Waals surface area contributed by atoms with Gasteiger partial charge >= 0.3 is 0 Å². The van der Waals surface area contributed by atoms with E-state index >= 15 is 0 Å². The predicted molar refractivity (Wildman–Crippen MR) is 78.4 cm³/mol. The molecule has 0 heterocycles. The van der Waals surface area contributed by atoms with Gasteiger partial charge in [0.1, 0.15) is 0 Å². The lowest BCUT2D eigenvalue weighted by Gasteiger charge is -2.17. The molecule has 1 aromatic carbocycles. The van der Waals surface area contributed by atoms with E-state index in [1.807, 2.05) is 18.2 Å². The van der Waals surface area contributed by atoms with E-state index in [1.165, 1.54) is 5.56 Å². The van der Waals surface area contributed by atoms with E-state index in [1.54, 1.807) is 20.3 Å². The summed E-state index contributed by atoms with van der Waals surface area (Å²) in [5.74, 6) is 1.54. The molecular formula is C15H18N2O3. The number of fused-ring (bicyclic) bond motifs is 1. The largest absolute Gasteiger partial charge is 0.493 e. The second-order valence-corrected chi connectivity index (χ2v) is 4.48. The third kappa shape index (κ3) is 2.93. The minimum absolute atomic E-state index is 0.0870.